The molecule has 2 aliphatic heterocycles. The fraction of sp³-hybridized carbons (Fsp3) is 0.607. The Morgan fingerprint density at radius 3 is 2.71 bits per heavy atom. The quantitative estimate of drug-likeness (QED) is 0.359. The molecule has 2 unspecified atom stereocenters. The molecule has 0 saturated carbocycles. The molecule has 2 N–H and O–H groups in total. The molecule has 1 saturated heterocycles. The first-order valence-corrected chi connectivity index (χ1v) is 13.1. The third-order valence-corrected chi connectivity index (χ3v) is 8.73. The zero-order chi connectivity index (χ0) is 26.5. The van der Waals surface area contributed by atoms with E-state index >= 15 is 0 Å². The van der Waals surface area contributed by atoms with E-state index in [0.29, 0.717) is 12.0 Å². The smallest absolute Gasteiger partial charge is 0.326 e. The van der Waals surface area contributed by atoms with E-state index in [4.69, 9.17) is 14.2 Å². The number of methoxy groups -OCH3 is 1. The number of benzene rings is 1. The third kappa shape index (κ3) is 4.55. The predicted molar refractivity (Wildman–Crippen MR) is 145 cm³/mol. The molecule has 10 heteroatoms. The number of amides is 1. The van der Waals surface area contributed by atoms with Crippen molar-refractivity contribution in [2.45, 2.75) is 63.1 Å². The standard InChI is InChI=1S/C28H36N2O7.H2S/c1-15(2)24(27(33)34)29-21(31)9-12-36-22(32)14-17-5-7-18-19-13-16-6-8-20(35-4)25-23(16)28(18,26(17)37-25)10-11-30(19)3;/h5-8,15,17-19,24,26H,9-14H2,1-4H3,(H,29,31)(H,33,34);1H2/t17-,18?,19-,24?,26+,28+;/m1./s1. The first-order valence-electron chi connectivity index (χ1n) is 13.1. The highest BCUT2D eigenvalue weighted by Gasteiger charge is 2.64. The van der Waals surface area contributed by atoms with Crippen molar-refractivity contribution in [1.82, 2.24) is 10.2 Å². The van der Waals surface area contributed by atoms with Crippen LogP contribution in [0.2, 0.25) is 0 Å². The summed E-state index contributed by atoms with van der Waals surface area (Å²) in [6.07, 6.45) is 6.16. The number of piperidine rings is 1. The topological polar surface area (TPSA) is 114 Å². The van der Waals surface area contributed by atoms with Gasteiger partial charge in [-0.3, -0.25) is 9.59 Å². The van der Waals surface area contributed by atoms with Gasteiger partial charge in [0.05, 0.1) is 20.0 Å². The minimum Gasteiger partial charge on any atom is -0.493 e. The maximum atomic E-state index is 12.8. The van der Waals surface area contributed by atoms with Crippen LogP contribution in [-0.2, 0) is 31.0 Å². The second kappa shape index (κ2) is 10.8. The normalized spacial score (nSPS) is 29.0. The van der Waals surface area contributed by atoms with Crippen molar-refractivity contribution in [3.05, 3.63) is 35.4 Å². The zero-order valence-corrected chi connectivity index (χ0v) is 23.4. The van der Waals surface area contributed by atoms with E-state index in [1.54, 1.807) is 21.0 Å². The lowest BCUT2D eigenvalue weighted by molar-refractivity contribution is -0.147. The number of ether oxygens (including phenoxy) is 3. The number of esters is 1. The van der Waals surface area contributed by atoms with E-state index in [1.165, 1.54) is 11.1 Å². The van der Waals surface area contributed by atoms with E-state index in [2.05, 4.69) is 35.5 Å². The molecule has 4 aliphatic rings. The van der Waals surface area contributed by atoms with Crippen LogP contribution >= 0.6 is 13.5 Å². The number of nitrogens with zero attached hydrogens (tertiary/aromatic N) is 1. The Hall–Kier alpha value is -2.72. The van der Waals surface area contributed by atoms with Crippen molar-refractivity contribution in [3.8, 4) is 11.5 Å². The summed E-state index contributed by atoms with van der Waals surface area (Å²) in [6.45, 7) is 4.31. The van der Waals surface area contributed by atoms with Crippen LogP contribution in [0, 0.1) is 17.8 Å². The van der Waals surface area contributed by atoms with E-state index in [1.807, 2.05) is 6.07 Å². The van der Waals surface area contributed by atoms with Gasteiger partial charge in [0, 0.05) is 28.9 Å². The molecule has 1 spiro atoms. The second-order valence-electron chi connectivity index (χ2n) is 11.1. The van der Waals surface area contributed by atoms with Crippen LogP contribution in [0.4, 0.5) is 0 Å². The highest BCUT2D eigenvalue weighted by molar-refractivity contribution is 7.59. The predicted octanol–water partition coefficient (Wildman–Crippen LogP) is 2.42. The number of rotatable bonds is 9. The van der Waals surface area contributed by atoms with Crippen LogP contribution in [0.5, 0.6) is 11.5 Å². The van der Waals surface area contributed by atoms with Gasteiger partial charge in [-0.1, -0.05) is 32.1 Å². The van der Waals surface area contributed by atoms with Gasteiger partial charge in [0.2, 0.25) is 5.91 Å². The zero-order valence-electron chi connectivity index (χ0n) is 22.4. The average Bonchev–Trinajstić information content (AvgIpc) is 3.20. The van der Waals surface area contributed by atoms with Gasteiger partial charge >= 0.3 is 11.9 Å². The van der Waals surface area contributed by atoms with Crippen molar-refractivity contribution in [3.63, 3.8) is 0 Å². The Labute approximate surface area is 230 Å². The molecule has 2 bridgehead atoms. The van der Waals surface area contributed by atoms with Crippen LogP contribution in [0.3, 0.4) is 0 Å². The summed E-state index contributed by atoms with van der Waals surface area (Å²) in [7, 11) is 3.84. The number of nitrogens with one attached hydrogen (secondary N) is 1. The van der Waals surface area contributed by atoms with Gasteiger partial charge in [-0.05, 0) is 44.0 Å². The van der Waals surface area contributed by atoms with Crippen LogP contribution in [-0.4, -0.2) is 73.3 Å². The number of carbonyl (C=O) groups excluding carboxylic acids is 2. The minimum atomic E-state index is -1.08. The summed E-state index contributed by atoms with van der Waals surface area (Å²) < 4.78 is 17.7. The van der Waals surface area contributed by atoms with Gasteiger partial charge in [-0.15, -0.1) is 0 Å². The van der Waals surface area contributed by atoms with Gasteiger partial charge in [-0.2, -0.15) is 13.5 Å². The summed E-state index contributed by atoms with van der Waals surface area (Å²) in [4.78, 5) is 38.8. The molecule has 2 aliphatic carbocycles. The molecule has 5 rings (SSSR count). The molecule has 2 heterocycles. The fourth-order valence-corrected chi connectivity index (χ4v) is 6.96. The highest BCUT2D eigenvalue weighted by Crippen LogP contribution is 2.63. The van der Waals surface area contributed by atoms with Gasteiger partial charge < -0.3 is 29.5 Å². The van der Waals surface area contributed by atoms with Gasteiger partial charge in [0.15, 0.2) is 11.5 Å². The number of carboxylic acid groups (broad SMARTS) is 1. The van der Waals surface area contributed by atoms with Crippen LogP contribution in [0.15, 0.2) is 24.3 Å². The van der Waals surface area contributed by atoms with Crippen LogP contribution in [0.25, 0.3) is 0 Å². The molecule has 0 radical (unpaired) electrons. The number of aliphatic carboxylic acids is 1. The van der Waals surface area contributed by atoms with Crippen molar-refractivity contribution < 1.29 is 33.7 Å². The molecule has 1 fully saturated rings. The van der Waals surface area contributed by atoms with Crippen LogP contribution in [0.1, 0.15) is 44.2 Å². The van der Waals surface area contributed by atoms with E-state index in [0.717, 1.165) is 30.9 Å². The van der Waals surface area contributed by atoms with Crippen molar-refractivity contribution in [2.75, 3.05) is 27.3 Å². The maximum Gasteiger partial charge on any atom is 0.326 e. The SMILES string of the molecule is COc1ccc2c3c1O[C@H]1[C@@H](CC(=O)OCCC(=O)NC(C(=O)O)C(C)C)C=CC4[C@@H](C2)N(C)CC[C@@]341.S. The molecular formula is C28H38N2O7S. The molecule has 6 atom stereocenters. The van der Waals surface area contributed by atoms with Gasteiger partial charge in [0.25, 0.3) is 0 Å². The van der Waals surface area contributed by atoms with Gasteiger partial charge in [0.1, 0.15) is 18.8 Å². The first kappa shape index (κ1) is 28.3. The Bertz CT molecular complexity index is 1140. The maximum absolute atomic E-state index is 12.8. The Morgan fingerprint density at radius 2 is 2.03 bits per heavy atom. The molecule has 208 valence electrons. The number of likely N-dealkylation sites (N-methyl/N-ethyl adjacent to an activating group) is 1. The van der Waals surface area contributed by atoms with E-state index in [-0.39, 0.29) is 56.3 Å². The molecule has 0 aromatic heterocycles. The second-order valence-corrected chi connectivity index (χ2v) is 11.1. The van der Waals surface area contributed by atoms with Crippen molar-refractivity contribution in [2.24, 2.45) is 17.8 Å². The number of carboxylic acids is 1. The van der Waals surface area contributed by atoms with Crippen molar-refractivity contribution in [1.29, 1.82) is 0 Å². The van der Waals surface area contributed by atoms with Gasteiger partial charge in [-0.25, -0.2) is 4.79 Å². The first-order chi connectivity index (χ1) is 17.7. The lowest BCUT2D eigenvalue weighted by Crippen LogP contribution is -2.64. The summed E-state index contributed by atoms with van der Waals surface area (Å²) >= 11 is 0. The molecule has 1 aromatic carbocycles. The molecule has 1 aromatic rings. The minimum absolute atomic E-state index is 0. The lowest BCUT2D eigenvalue weighted by atomic mass is 9.52. The number of hydrogen-bond acceptors (Lipinski definition) is 7. The molecule has 38 heavy (non-hydrogen) atoms. The van der Waals surface area contributed by atoms with E-state index < -0.39 is 23.9 Å². The monoisotopic (exact) mass is 546 g/mol. The summed E-state index contributed by atoms with van der Waals surface area (Å²) in [5.41, 5.74) is 2.36. The molecule has 9 nitrogen and oxygen atoms in total. The van der Waals surface area contributed by atoms with Crippen molar-refractivity contribution >= 4 is 31.3 Å². The Morgan fingerprint density at radius 1 is 1.26 bits per heavy atom. The molecular weight excluding hydrogens is 508 g/mol. The summed E-state index contributed by atoms with van der Waals surface area (Å²) in [6, 6.07) is 3.55. The summed E-state index contributed by atoms with van der Waals surface area (Å²) in [5, 5.41) is 11.7. The highest BCUT2D eigenvalue weighted by atomic mass is 32.1. The summed E-state index contributed by atoms with van der Waals surface area (Å²) in [5.74, 6) is -0.512. The Balaban J connectivity index is 0.00000336. The van der Waals surface area contributed by atoms with E-state index in [9.17, 15) is 19.5 Å². The fourth-order valence-electron chi connectivity index (χ4n) is 6.96. The molecule has 1 amide bonds. The number of hydrogen-bond donors (Lipinski definition) is 2. The largest absolute Gasteiger partial charge is 0.493 e. The third-order valence-electron chi connectivity index (χ3n) is 8.73. The van der Waals surface area contributed by atoms with Crippen LogP contribution < -0.4 is 14.8 Å². The lowest BCUT2D eigenvalue weighted by Gasteiger charge is -2.57. The number of carbonyl (C=O) groups is 3. The average molecular weight is 547 g/mol. The number of likely N-dealkylation sites (tertiary alicyclic amines) is 1. The Kier molecular flexibility index (Phi) is 8.04.